The zero-order valence-corrected chi connectivity index (χ0v) is 16.7. The molecule has 27 heavy (non-hydrogen) atoms. The number of nitrogens with one attached hydrogen (secondary N) is 2. The Morgan fingerprint density at radius 1 is 1.11 bits per heavy atom. The van der Waals surface area contributed by atoms with E-state index < -0.39 is 0 Å². The number of carbonyl (C=O) groups excluding carboxylic acids is 2. The number of rotatable bonds is 5. The maximum absolute atomic E-state index is 12.8. The number of carbonyl (C=O) groups is 2. The lowest BCUT2D eigenvalue weighted by Crippen LogP contribution is -3.14. The van der Waals surface area contributed by atoms with Crippen LogP contribution in [0.25, 0.3) is 0 Å². The minimum Gasteiger partial charge on any atom is -0.320 e. The topological polar surface area (TPSA) is 50.6 Å². The average Bonchev–Trinajstić information content (AvgIpc) is 3.33. The Morgan fingerprint density at radius 3 is 2.74 bits per heavy atom. The van der Waals surface area contributed by atoms with Crippen LogP contribution >= 0.6 is 22.7 Å². The molecule has 4 nitrogen and oxygen atoms in total. The van der Waals surface area contributed by atoms with E-state index in [0.717, 1.165) is 13.0 Å². The molecule has 138 valence electrons. The van der Waals surface area contributed by atoms with Crippen LogP contribution < -0.4 is 10.2 Å². The van der Waals surface area contributed by atoms with Crippen molar-refractivity contribution in [3.05, 3.63) is 74.1 Å². The molecule has 1 aromatic carbocycles. The van der Waals surface area contributed by atoms with E-state index in [4.69, 9.17) is 0 Å². The van der Waals surface area contributed by atoms with Gasteiger partial charge in [-0.05, 0) is 41.9 Å². The van der Waals surface area contributed by atoms with Crippen LogP contribution in [0.15, 0.2) is 53.2 Å². The van der Waals surface area contributed by atoms with Crippen molar-refractivity contribution in [1.82, 2.24) is 0 Å². The zero-order chi connectivity index (χ0) is 18.8. The molecule has 3 aromatic rings. The lowest BCUT2D eigenvalue weighted by Gasteiger charge is -2.31. The SMILES string of the molecule is CC(=O)c1ccccc1NC(=O)C[NH+]1CCc2sccc2[C@@H]1c1cccs1. The van der Waals surface area contributed by atoms with Gasteiger partial charge < -0.3 is 10.2 Å². The highest BCUT2D eigenvalue weighted by atomic mass is 32.1. The van der Waals surface area contributed by atoms with E-state index in [1.165, 1.54) is 27.1 Å². The fourth-order valence-corrected chi connectivity index (χ4v) is 5.57. The summed E-state index contributed by atoms with van der Waals surface area (Å²) in [5.74, 6) is -0.102. The van der Waals surface area contributed by atoms with Gasteiger partial charge in [-0.25, -0.2) is 0 Å². The van der Waals surface area contributed by atoms with Gasteiger partial charge in [0, 0.05) is 22.4 Å². The van der Waals surface area contributed by atoms with Crippen molar-refractivity contribution in [2.24, 2.45) is 0 Å². The van der Waals surface area contributed by atoms with Crippen molar-refractivity contribution in [2.45, 2.75) is 19.4 Å². The van der Waals surface area contributed by atoms with Gasteiger partial charge in [0.1, 0.15) is 6.04 Å². The Morgan fingerprint density at radius 2 is 1.96 bits per heavy atom. The predicted molar refractivity (Wildman–Crippen MR) is 110 cm³/mol. The van der Waals surface area contributed by atoms with Gasteiger partial charge in [-0.15, -0.1) is 22.7 Å². The van der Waals surface area contributed by atoms with Gasteiger partial charge in [-0.2, -0.15) is 0 Å². The molecule has 1 aliphatic rings. The summed E-state index contributed by atoms with van der Waals surface area (Å²) in [6.07, 6.45) is 1.00. The number of quaternary nitrogens is 1. The number of ketones is 1. The Kier molecular flexibility index (Phi) is 5.20. The van der Waals surface area contributed by atoms with Gasteiger partial charge in [-0.3, -0.25) is 9.59 Å². The normalized spacial score (nSPS) is 18.7. The van der Waals surface area contributed by atoms with E-state index in [9.17, 15) is 9.59 Å². The Hall–Kier alpha value is -2.28. The van der Waals surface area contributed by atoms with Crippen LogP contribution in [0.1, 0.15) is 38.6 Å². The van der Waals surface area contributed by atoms with Crippen molar-refractivity contribution in [1.29, 1.82) is 0 Å². The third-order valence-electron chi connectivity index (χ3n) is 4.97. The largest absolute Gasteiger partial charge is 0.320 e. The van der Waals surface area contributed by atoms with E-state index in [2.05, 4.69) is 34.3 Å². The molecule has 0 spiro atoms. The number of para-hydroxylation sites is 1. The number of fused-ring (bicyclic) bond motifs is 1. The second-order valence-corrected chi connectivity index (χ2v) is 8.71. The van der Waals surface area contributed by atoms with E-state index in [0.29, 0.717) is 17.8 Å². The molecule has 2 atom stereocenters. The highest BCUT2D eigenvalue weighted by Crippen LogP contribution is 2.31. The first-order chi connectivity index (χ1) is 13.1. The summed E-state index contributed by atoms with van der Waals surface area (Å²) in [7, 11) is 0. The first-order valence-corrected chi connectivity index (χ1v) is 10.7. The van der Waals surface area contributed by atoms with Crippen molar-refractivity contribution < 1.29 is 14.5 Å². The van der Waals surface area contributed by atoms with Crippen LogP contribution in [0, 0.1) is 0 Å². The summed E-state index contributed by atoms with van der Waals surface area (Å²) in [5.41, 5.74) is 2.49. The molecular weight excluding hydrogens is 376 g/mol. The molecule has 0 saturated heterocycles. The van der Waals surface area contributed by atoms with Crippen molar-refractivity contribution in [2.75, 3.05) is 18.4 Å². The van der Waals surface area contributed by atoms with Gasteiger partial charge >= 0.3 is 0 Å². The molecule has 1 unspecified atom stereocenters. The van der Waals surface area contributed by atoms with E-state index in [1.807, 2.05) is 23.5 Å². The molecular formula is C21H21N2O2S2+. The summed E-state index contributed by atoms with van der Waals surface area (Å²) in [6, 6.07) is 13.8. The first-order valence-electron chi connectivity index (χ1n) is 8.97. The molecule has 1 amide bonds. The maximum atomic E-state index is 12.8. The highest BCUT2D eigenvalue weighted by molar-refractivity contribution is 7.10. The molecule has 4 rings (SSSR count). The highest BCUT2D eigenvalue weighted by Gasteiger charge is 2.35. The first kappa shape index (κ1) is 18.1. The molecule has 0 fully saturated rings. The molecule has 3 heterocycles. The van der Waals surface area contributed by atoms with E-state index >= 15 is 0 Å². The Bertz CT molecular complexity index is 962. The Labute approximate surface area is 166 Å². The minimum absolute atomic E-state index is 0.0457. The number of hydrogen-bond donors (Lipinski definition) is 2. The van der Waals surface area contributed by atoms with E-state index in [-0.39, 0.29) is 17.7 Å². The lowest BCUT2D eigenvalue weighted by atomic mass is 9.98. The average molecular weight is 398 g/mol. The monoisotopic (exact) mass is 397 g/mol. The number of Topliss-reactive ketones (excluding diaryl/α,β-unsaturated/α-hetero) is 1. The standard InChI is InChI=1S/C21H20N2O2S2/c1-14(24)15-5-2-3-6-17(15)22-20(25)13-23-10-8-18-16(9-12-27-18)21(23)19-7-4-11-26-19/h2-7,9,11-12,21H,8,10,13H2,1H3,(H,22,25)/p+1/t21-/m1/s1. The number of amides is 1. The summed E-state index contributed by atoms with van der Waals surface area (Å²) in [5, 5.41) is 7.19. The molecule has 0 saturated carbocycles. The lowest BCUT2D eigenvalue weighted by molar-refractivity contribution is -0.919. The molecule has 0 radical (unpaired) electrons. The van der Waals surface area contributed by atoms with Crippen LogP contribution in [0.4, 0.5) is 5.69 Å². The smallest absolute Gasteiger partial charge is 0.279 e. The minimum atomic E-state index is -0.0565. The summed E-state index contributed by atoms with van der Waals surface area (Å²) in [6.45, 7) is 2.83. The quantitative estimate of drug-likeness (QED) is 0.650. The molecule has 1 aliphatic heterocycles. The van der Waals surface area contributed by atoms with Crippen molar-refractivity contribution in [3.63, 3.8) is 0 Å². The van der Waals surface area contributed by atoms with Gasteiger partial charge in [-0.1, -0.05) is 18.2 Å². The fourth-order valence-electron chi connectivity index (χ4n) is 3.75. The number of thiophene rings is 2. The molecule has 0 bridgehead atoms. The predicted octanol–water partition coefficient (Wildman–Crippen LogP) is 3.18. The van der Waals surface area contributed by atoms with Crippen LogP contribution in [0.2, 0.25) is 0 Å². The number of anilines is 1. The van der Waals surface area contributed by atoms with Gasteiger partial charge in [0.05, 0.1) is 17.1 Å². The van der Waals surface area contributed by atoms with E-state index in [1.54, 1.807) is 23.5 Å². The molecule has 6 heteroatoms. The second-order valence-electron chi connectivity index (χ2n) is 6.73. The van der Waals surface area contributed by atoms with Crippen molar-refractivity contribution in [3.8, 4) is 0 Å². The molecule has 2 aromatic heterocycles. The van der Waals surface area contributed by atoms with Gasteiger partial charge in [0.25, 0.3) is 5.91 Å². The third-order valence-corrected chi connectivity index (χ3v) is 6.90. The Balaban J connectivity index is 1.55. The van der Waals surface area contributed by atoms with Crippen LogP contribution in [0.3, 0.4) is 0 Å². The summed E-state index contributed by atoms with van der Waals surface area (Å²) >= 11 is 3.55. The van der Waals surface area contributed by atoms with Gasteiger partial charge in [0.15, 0.2) is 12.3 Å². The fraction of sp³-hybridized carbons (Fsp3) is 0.238. The summed E-state index contributed by atoms with van der Waals surface area (Å²) in [4.78, 5) is 28.6. The van der Waals surface area contributed by atoms with Gasteiger partial charge in [0.2, 0.25) is 0 Å². The zero-order valence-electron chi connectivity index (χ0n) is 15.0. The van der Waals surface area contributed by atoms with Crippen LogP contribution in [-0.4, -0.2) is 24.8 Å². The summed E-state index contributed by atoms with van der Waals surface area (Å²) < 4.78 is 0. The van der Waals surface area contributed by atoms with Crippen LogP contribution in [-0.2, 0) is 11.2 Å². The maximum Gasteiger partial charge on any atom is 0.279 e. The second kappa shape index (κ2) is 7.76. The van der Waals surface area contributed by atoms with Crippen molar-refractivity contribution >= 4 is 40.1 Å². The third kappa shape index (κ3) is 3.74. The molecule has 0 aliphatic carbocycles. The molecule has 2 N–H and O–H groups in total. The number of benzene rings is 1. The number of hydrogen-bond acceptors (Lipinski definition) is 4. The van der Waals surface area contributed by atoms with Crippen LogP contribution in [0.5, 0.6) is 0 Å².